The Hall–Kier alpha value is 0.310. The Balaban J connectivity index is 1.66. The molecule has 4 atom stereocenters. The molecule has 4 bridgehead atoms. The summed E-state index contributed by atoms with van der Waals surface area (Å²) in [6, 6.07) is 1.61. The average Bonchev–Trinajstić information content (AvgIpc) is 2.74. The molecule has 1 N–H and O–H groups in total. The van der Waals surface area contributed by atoms with Crippen molar-refractivity contribution in [2.75, 3.05) is 0 Å². The number of thioether (sulfide) groups is 1. The van der Waals surface area contributed by atoms with Crippen molar-refractivity contribution >= 4 is 11.8 Å². The normalized spacial score (nSPS) is 36.0. The van der Waals surface area contributed by atoms with Crippen molar-refractivity contribution in [1.82, 2.24) is 5.32 Å². The minimum absolute atomic E-state index is 0.807. The van der Waals surface area contributed by atoms with Gasteiger partial charge in [-0.3, -0.25) is 0 Å². The van der Waals surface area contributed by atoms with Gasteiger partial charge in [-0.2, -0.15) is 11.8 Å². The largest absolute Gasteiger partial charge is 0.311 e. The predicted molar refractivity (Wildman–Crippen MR) is 127 cm³/mol. The van der Waals surface area contributed by atoms with Crippen LogP contribution in [0.5, 0.6) is 0 Å². The van der Waals surface area contributed by atoms with E-state index in [1.807, 2.05) is 0 Å². The first kappa shape index (κ1) is 23.0. The van der Waals surface area contributed by atoms with Crippen LogP contribution in [0, 0.1) is 0 Å². The van der Waals surface area contributed by atoms with E-state index in [2.05, 4.69) is 17.1 Å². The third-order valence-corrected chi connectivity index (χ3v) is 9.40. The summed E-state index contributed by atoms with van der Waals surface area (Å²) < 4.78 is 0. The van der Waals surface area contributed by atoms with Crippen molar-refractivity contribution in [3.8, 4) is 0 Å². The molecule has 1 nitrogen and oxygen atoms in total. The van der Waals surface area contributed by atoms with Crippen LogP contribution in [0.15, 0.2) is 0 Å². The van der Waals surface area contributed by atoms with Gasteiger partial charge in [0.1, 0.15) is 0 Å². The quantitative estimate of drug-likeness (QED) is 0.432. The van der Waals surface area contributed by atoms with Crippen LogP contribution in [-0.4, -0.2) is 22.6 Å². The van der Waals surface area contributed by atoms with Gasteiger partial charge in [-0.1, -0.05) is 89.9 Å². The first-order valence-electron chi connectivity index (χ1n) is 13.3. The van der Waals surface area contributed by atoms with E-state index in [4.69, 9.17) is 0 Å². The van der Waals surface area contributed by atoms with Crippen LogP contribution in [0.4, 0.5) is 0 Å². The molecule has 0 radical (unpaired) electrons. The van der Waals surface area contributed by atoms with Crippen LogP contribution in [-0.2, 0) is 0 Å². The average molecular weight is 408 g/mol. The SMILES string of the molecule is C1CCCCC2CCC(CCCC1)SC1CCCCCCCCCC(CC1)N2. The fourth-order valence-electron chi connectivity index (χ4n) is 5.86. The van der Waals surface area contributed by atoms with E-state index in [9.17, 15) is 0 Å². The van der Waals surface area contributed by atoms with Crippen LogP contribution < -0.4 is 5.32 Å². The lowest BCUT2D eigenvalue weighted by atomic mass is 9.96. The fraction of sp³-hybridized carbons (Fsp3) is 1.00. The summed E-state index contributed by atoms with van der Waals surface area (Å²) in [5, 5.41) is 6.12. The van der Waals surface area contributed by atoms with Crippen LogP contribution in [0.2, 0.25) is 0 Å². The zero-order valence-electron chi connectivity index (χ0n) is 18.8. The Morgan fingerprint density at radius 2 is 0.714 bits per heavy atom. The van der Waals surface area contributed by atoms with E-state index in [1.165, 1.54) is 141 Å². The highest BCUT2D eigenvalue weighted by molar-refractivity contribution is 8.00. The van der Waals surface area contributed by atoms with Crippen LogP contribution in [0.3, 0.4) is 0 Å². The van der Waals surface area contributed by atoms with Crippen molar-refractivity contribution in [1.29, 1.82) is 0 Å². The van der Waals surface area contributed by atoms with E-state index in [1.54, 1.807) is 0 Å². The second-order valence-corrected chi connectivity index (χ2v) is 11.8. The van der Waals surface area contributed by atoms with Crippen molar-refractivity contribution in [3.05, 3.63) is 0 Å². The van der Waals surface area contributed by atoms with Crippen LogP contribution in [0.25, 0.3) is 0 Å². The summed E-state index contributed by atoms with van der Waals surface area (Å²) in [7, 11) is 0. The molecule has 2 aliphatic carbocycles. The van der Waals surface area contributed by atoms with Crippen molar-refractivity contribution < 1.29 is 0 Å². The fourth-order valence-corrected chi connectivity index (χ4v) is 7.55. The number of hydrogen-bond acceptors (Lipinski definition) is 2. The van der Waals surface area contributed by atoms with E-state index in [-0.39, 0.29) is 0 Å². The van der Waals surface area contributed by atoms with E-state index < -0.39 is 0 Å². The van der Waals surface area contributed by atoms with Gasteiger partial charge < -0.3 is 5.32 Å². The summed E-state index contributed by atoms with van der Waals surface area (Å²) in [4.78, 5) is 0. The van der Waals surface area contributed by atoms with Gasteiger partial charge in [0.25, 0.3) is 0 Å². The van der Waals surface area contributed by atoms with E-state index >= 15 is 0 Å². The summed E-state index contributed by atoms with van der Waals surface area (Å²) >= 11 is 2.45. The van der Waals surface area contributed by atoms with Gasteiger partial charge in [0.05, 0.1) is 0 Å². The molecule has 3 rings (SSSR count). The molecule has 0 amide bonds. The maximum absolute atomic E-state index is 4.22. The predicted octanol–water partition coefficient (Wildman–Crippen LogP) is 8.41. The number of nitrogens with one attached hydrogen (secondary N) is 1. The zero-order chi connectivity index (χ0) is 19.3. The molecule has 164 valence electrons. The molecule has 3 aliphatic rings. The van der Waals surface area contributed by atoms with Gasteiger partial charge in [0, 0.05) is 22.6 Å². The lowest BCUT2D eigenvalue weighted by molar-refractivity contribution is 0.330. The third-order valence-electron chi connectivity index (χ3n) is 7.69. The maximum Gasteiger partial charge on any atom is 0.00700 e. The topological polar surface area (TPSA) is 12.0 Å². The van der Waals surface area contributed by atoms with Gasteiger partial charge in [-0.15, -0.1) is 0 Å². The maximum atomic E-state index is 4.22. The van der Waals surface area contributed by atoms with E-state index in [0.717, 1.165) is 22.6 Å². The summed E-state index contributed by atoms with van der Waals surface area (Å²) in [5.41, 5.74) is 0. The monoisotopic (exact) mass is 407 g/mol. The Labute approximate surface area is 181 Å². The molecule has 4 unspecified atom stereocenters. The molecule has 0 aromatic heterocycles. The van der Waals surface area contributed by atoms with Gasteiger partial charge in [-0.25, -0.2) is 0 Å². The summed E-state index contributed by atoms with van der Waals surface area (Å²) in [5.74, 6) is 0. The third kappa shape index (κ3) is 9.41. The summed E-state index contributed by atoms with van der Waals surface area (Å²) in [6.45, 7) is 0. The number of rotatable bonds is 0. The van der Waals surface area contributed by atoms with Crippen LogP contribution in [0.1, 0.15) is 141 Å². The Bertz CT molecular complexity index is 317. The van der Waals surface area contributed by atoms with Gasteiger partial charge in [0.2, 0.25) is 0 Å². The molecule has 0 aromatic rings. The highest BCUT2D eigenvalue weighted by atomic mass is 32.2. The first-order chi connectivity index (χ1) is 13.9. The molecule has 28 heavy (non-hydrogen) atoms. The van der Waals surface area contributed by atoms with Gasteiger partial charge in [0.15, 0.2) is 0 Å². The minimum atomic E-state index is 0.807. The Morgan fingerprint density at radius 1 is 0.357 bits per heavy atom. The van der Waals surface area contributed by atoms with Gasteiger partial charge >= 0.3 is 0 Å². The van der Waals surface area contributed by atoms with Gasteiger partial charge in [-0.05, 0) is 51.4 Å². The molecule has 1 aliphatic heterocycles. The van der Waals surface area contributed by atoms with Crippen molar-refractivity contribution in [2.45, 2.75) is 164 Å². The molecule has 0 spiro atoms. The molecule has 0 aromatic carbocycles. The number of hydrogen-bond donors (Lipinski definition) is 1. The van der Waals surface area contributed by atoms with Crippen molar-refractivity contribution in [3.63, 3.8) is 0 Å². The molecule has 2 heteroatoms. The highest BCUT2D eigenvalue weighted by Crippen LogP contribution is 2.35. The smallest absolute Gasteiger partial charge is 0.00700 e. The minimum Gasteiger partial charge on any atom is -0.311 e. The van der Waals surface area contributed by atoms with E-state index in [0.29, 0.717) is 0 Å². The lowest BCUT2D eigenvalue weighted by Crippen LogP contribution is -2.40. The second kappa shape index (κ2) is 14.3. The van der Waals surface area contributed by atoms with Crippen LogP contribution >= 0.6 is 11.8 Å². The number of fused-ring (bicyclic) bond motifs is 6. The molecular formula is C26H49NS. The zero-order valence-corrected chi connectivity index (χ0v) is 19.6. The summed E-state index contributed by atoms with van der Waals surface area (Å²) in [6.07, 6.45) is 32.5. The molecule has 1 heterocycles. The molecule has 1 saturated heterocycles. The molecule has 3 fully saturated rings. The first-order valence-corrected chi connectivity index (χ1v) is 14.3. The molecule has 2 saturated carbocycles. The Morgan fingerprint density at radius 3 is 1.14 bits per heavy atom. The molecular weight excluding hydrogens is 358 g/mol. The Kier molecular flexibility index (Phi) is 11.8. The highest BCUT2D eigenvalue weighted by Gasteiger charge is 2.24. The second-order valence-electron chi connectivity index (χ2n) is 10.2. The lowest BCUT2D eigenvalue weighted by Gasteiger charge is -2.32. The standard InChI is InChI=1S/C26H49NS/c1-3-7-11-15-23-19-21-25(17-13-9-5-1)28-26-18-14-10-6-2-4-8-12-16-24(27-23)20-22-26/h23-27H,1-22H2. The van der Waals surface area contributed by atoms with Crippen molar-refractivity contribution in [2.24, 2.45) is 0 Å².